The van der Waals surface area contributed by atoms with Crippen LogP contribution >= 0.6 is 11.8 Å². The van der Waals surface area contributed by atoms with E-state index in [0.717, 1.165) is 16.9 Å². The quantitative estimate of drug-likeness (QED) is 0.696. The van der Waals surface area contributed by atoms with E-state index in [9.17, 15) is 4.79 Å². The Hall–Kier alpha value is -2.67. The molecule has 0 bridgehead atoms. The molecule has 6 nitrogen and oxygen atoms in total. The number of hydrogen-bond donors (Lipinski definition) is 1. The highest BCUT2D eigenvalue weighted by atomic mass is 32.2. The normalized spacial score (nSPS) is 12.0. The van der Waals surface area contributed by atoms with Crippen molar-refractivity contribution in [1.29, 1.82) is 0 Å². The number of nitrogens with one attached hydrogen (secondary N) is 1. The molecule has 0 saturated carbocycles. The number of amides is 1. The average molecular weight is 367 g/mol. The lowest BCUT2D eigenvalue weighted by Gasteiger charge is -2.13. The van der Waals surface area contributed by atoms with E-state index in [4.69, 9.17) is 0 Å². The molecular weight excluding hydrogens is 346 g/mol. The molecule has 1 heterocycles. The van der Waals surface area contributed by atoms with Crippen LogP contribution < -0.4 is 5.32 Å². The van der Waals surface area contributed by atoms with Gasteiger partial charge in [-0.05, 0) is 73.0 Å². The Balaban J connectivity index is 1.75. The van der Waals surface area contributed by atoms with Crippen molar-refractivity contribution >= 4 is 23.4 Å². The molecule has 26 heavy (non-hydrogen) atoms. The van der Waals surface area contributed by atoms with Crippen LogP contribution in [-0.4, -0.2) is 31.4 Å². The molecule has 0 fully saturated rings. The van der Waals surface area contributed by atoms with Crippen LogP contribution in [0, 0.1) is 20.8 Å². The van der Waals surface area contributed by atoms with Gasteiger partial charge in [0.2, 0.25) is 11.1 Å². The zero-order valence-corrected chi connectivity index (χ0v) is 16.0. The largest absolute Gasteiger partial charge is 0.325 e. The first-order valence-corrected chi connectivity index (χ1v) is 9.23. The molecule has 3 aromatic rings. The van der Waals surface area contributed by atoms with Gasteiger partial charge in [0.15, 0.2) is 0 Å². The lowest BCUT2D eigenvalue weighted by Crippen LogP contribution is -2.23. The molecule has 0 radical (unpaired) electrons. The van der Waals surface area contributed by atoms with Crippen molar-refractivity contribution < 1.29 is 4.79 Å². The zero-order chi connectivity index (χ0) is 18.7. The number of hydrogen-bond acceptors (Lipinski definition) is 5. The summed E-state index contributed by atoms with van der Waals surface area (Å²) in [5.41, 5.74) is 5.10. The van der Waals surface area contributed by atoms with Crippen LogP contribution in [0.5, 0.6) is 0 Å². The van der Waals surface area contributed by atoms with Crippen molar-refractivity contribution in [1.82, 2.24) is 20.2 Å². The van der Waals surface area contributed by atoms with Gasteiger partial charge in [-0.1, -0.05) is 36.0 Å². The highest BCUT2D eigenvalue weighted by molar-refractivity contribution is 8.00. The highest BCUT2D eigenvalue weighted by Crippen LogP contribution is 2.25. The van der Waals surface area contributed by atoms with Gasteiger partial charge in [0.05, 0.1) is 10.9 Å². The van der Waals surface area contributed by atoms with Gasteiger partial charge in [0.1, 0.15) is 0 Å². The van der Waals surface area contributed by atoms with E-state index in [1.807, 2.05) is 63.2 Å². The molecule has 1 amide bonds. The number of aromatic nitrogens is 4. The van der Waals surface area contributed by atoms with Gasteiger partial charge in [-0.15, -0.1) is 5.10 Å². The monoisotopic (exact) mass is 367 g/mol. The number of aryl methyl sites for hydroxylation is 3. The number of benzene rings is 2. The molecule has 1 atom stereocenters. The number of carbonyl (C=O) groups is 1. The lowest BCUT2D eigenvalue weighted by molar-refractivity contribution is -0.115. The fraction of sp³-hybridized carbons (Fsp3) is 0.263. The smallest absolute Gasteiger partial charge is 0.237 e. The van der Waals surface area contributed by atoms with Crippen molar-refractivity contribution in [3.05, 3.63) is 59.2 Å². The average Bonchev–Trinajstić information content (AvgIpc) is 3.07. The summed E-state index contributed by atoms with van der Waals surface area (Å²) >= 11 is 1.33. The summed E-state index contributed by atoms with van der Waals surface area (Å²) < 4.78 is 1.66. The molecule has 0 spiro atoms. The second kappa shape index (κ2) is 7.70. The van der Waals surface area contributed by atoms with Crippen LogP contribution in [0.25, 0.3) is 5.69 Å². The third-order valence-corrected chi connectivity index (χ3v) is 5.26. The van der Waals surface area contributed by atoms with Crippen LogP contribution in [0.4, 0.5) is 5.69 Å². The third-order valence-electron chi connectivity index (χ3n) is 4.23. The summed E-state index contributed by atoms with van der Waals surface area (Å²) in [6.45, 7) is 7.92. The minimum absolute atomic E-state index is 0.0843. The standard InChI is InChI=1S/C19H21N5OS/c1-12-9-10-16(11-14(12)3)24-19(21-22-23-24)26-15(4)18(25)20-17-8-6-5-7-13(17)2/h5-11,15H,1-4H3,(H,20,25). The summed E-state index contributed by atoms with van der Waals surface area (Å²) in [6.07, 6.45) is 0. The van der Waals surface area contributed by atoms with E-state index in [2.05, 4.69) is 27.8 Å². The predicted octanol–water partition coefficient (Wildman–Crippen LogP) is 3.71. The Morgan fingerprint density at radius 1 is 1.08 bits per heavy atom. The van der Waals surface area contributed by atoms with Gasteiger partial charge >= 0.3 is 0 Å². The maximum Gasteiger partial charge on any atom is 0.237 e. The fourth-order valence-electron chi connectivity index (χ4n) is 2.43. The molecule has 2 aromatic carbocycles. The van der Waals surface area contributed by atoms with Crippen LogP contribution in [-0.2, 0) is 4.79 Å². The maximum atomic E-state index is 12.5. The van der Waals surface area contributed by atoms with Gasteiger partial charge in [-0.2, -0.15) is 4.68 Å². The molecular formula is C19H21N5OS. The number of carbonyl (C=O) groups excluding carboxylic acids is 1. The molecule has 0 saturated heterocycles. The third kappa shape index (κ3) is 3.94. The Labute approximate surface area is 157 Å². The van der Waals surface area contributed by atoms with Crippen LogP contribution in [0.1, 0.15) is 23.6 Å². The first-order chi connectivity index (χ1) is 12.5. The van der Waals surface area contributed by atoms with Crippen molar-refractivity contribution in [3.63, 3.8) is 0 Å². The van der Waals surface area contributed by atoms with E-state index >= 15 is 0 Å². The molecule has 134 valence electrons. The van der Waals surface area contributed by atoms with Gasteiger partial charge in [0.25, 0.3) is 0 Å². The number of tetrazole rings is 1. The molecule has 0 aliphatic carbocycles. The van der Waals surface area contributed by atoms with Gasteiger partial charge < -0.3 is 5.32 Å². The summed E-state index contributed by atoms with van der Waals surface area (Å²) in [5.74, 6) is -0.0843. The minimum Gasteiger partial charge on any atom is -0.325 e. The summed E-state index contributed by atoms with van der Waals surface area (Å²) in [6, 6.07) is 13.8. The molecule has 1 unspecified atom stereocenters. The van der Waals surface area contributed by atoms with E-state index in [1.54, 1.807) is 4.68 Å². The first kappa shape index (κ1) is 18.1. The Kier molecular flexibility index (Phi) is 5.37. The van der Waals surface area contributed by atoms with Crippen LogP contribution in [0.3, 0.4) is 0 Å². The molecule has 0 aliphatic heterocycles. The minimum atomic E-state index is -0.342. The zero-order valence-electron chi connectivity index (χ0n) is 15.2. The fourth-order valence-corrected chi connectivity index (χ4v) is 3.24. The van der Waals surface area contributed by atoms with Gasteiger partial charge in [0, 0.05) is 5.69 Å². The Bertz CT molecular complexity index is 937. The number of rotatable bonds is 5. The topological polar surface area (TPSA) is 72.7 Å². The molecule has 1 N–H and O–H groups in total. The first-order valence-electron chi connectivity index (χ1n) is 8.35. The van der Waals surface area contributed by atoms with E-state index in [1.165, 1.54) is 22.9 Å². The Morgan fingerprint density at radius 3 is 2.58 bits per heavy atom. The summed E-state index contributed by atoms with van der Waals surface area (Å²) in [5, 5.41) is 15.1. The van der Waals surface area contributed by atoms with E-state index < -0.39 is 0 Å². The molecule has 0 aliphatic rings. The highest BCUT2D eigenvalue weighted by Gasteiger charge is 2.20. The van der Waals surface area contributed by atoms with Gasteiger partial charge in [-0.25, -0.2) is 0 Å². The Morgan fingerprint density at radius 2 is 1.85 bits per heavy atom. The van der Waals surface area contributed by atoms with Crippen molar-refractivity contribution in [2.75, 3.05) is 5.32 Å². The molecule has 3 rings (SSSR count). The van der Waals surface area contributed by atoms with Crippen molar-refractivity contribution in [2.24, 2.45) is 0 Å². The predicted molar refractivity (Wildman–Crippen MR) is 104 cm³/mol. The van der Waals surface area contributed by atoms with Crippen molar-refractivity contribution in [3.8, 4) is 5.69 Å². The SMILES string of the molecule is Cc1ccc(-n2nnnc2SC(C)C(=O)Nc2ccccc2C)cc1C. The maximum absolute atomic E-state index is 12.5. The lowest BCUT2D eigenvalue weighted by atomic mass is 10.1. The molecule has 7 heteroatoms. The number of anilines is 1. The van der Waals surface area contributed by atoms with E-state index in [0.29, 0.717) is 5.16 Å². The van der Waals surface area contributed by atoms with E-state index in [-0.39, 0.29) is 11.2 Å². The van der Waals surface area contributed by atoms with Crippen molar-refractivity contribution in [2.45, 2.75) is 38.1 Å². The van der Waals surface area contributed by atoms with Gasteiger partial charge in [-0.3, -0.25) is 4.79 Å². The van der Waals surface area contributed by atoms with Crippen LogP contribution in [0.2, 0.25) is 0 Å². The second-order valence-electron chi connectivity index (χ2n) is 6.21. The summed E-state index contributed by atoms with van der Waals surface area (Å²) in [4.78, 5) is 12.5. The second-order valence-corrected chi connectivity index (χ2v) is 7.51. The number of nitrogens with zero attached hydrogens (tertiary/aromatic N) is 4. The summed E-state index contributed by atoms with van der Waals surface area (Å²) in [7, 11) is 0. The number of para-hydroxylation sites is 1. The van der Waals surface area contributed by atoms with Crippen LogP contribution in [0.15, 0.2) is 47.6 Å². The molecule has 1 aromatic heterocycles. The number of thioether (sulfide) groups is 1.